The van der Waals surface area contributed by atoms with E-state index in [2.05, 4.69) is 4.84 Å². The van der Waals surface area contributed by atoms with E-state index < -0.39 is 0 Å². The molecule has 16 heavy (non-hydrogen) atoms. The largest absolute Gasteiger partial charge is 0.304 e. The van der Waals surface area contributed by atoms with Gasteiger partial charge in [0.2, 0.25) is 0 Å². The number of nitrogens with zero attached hydrogens (tertiary/aromatic N) is 1. The fraction of sp³-hybridized carbons (Fsp3) is 0.364. The second-order valence-corrected chi connectivity index (χ2v) is 3.56. The summed E-state index contributed by atoms with van der Waals surface area (Å²) in [5.74, 6) is 4.95. The van der Waals surface area contributed by atoms with Crippen molar-refractivity contribution in [1.82, 2.24) is 0 Å². The van der Waals surface area contributed by atoms with Crippen LogP contribution in [0.4, 0.5) is 5.69 Å². The highest BCUT2D eigenvalue weighted by atomic mass is 16.7. The Morgan fingerprint density at radius 1 is 1.38 bits per heavy atom. The van der Waals surface area contributed by atoms with Crippen LogP contribution in [-0.2, 0) is 20.9 Å². The summed E-state index contributed by atoms with van der Waals surface area (Å²) >= 11 is 0. The van der Waals surface area contributed by atoms with Crippen molar-refractivity contribution in [1.29, 1.82) is 0 Å². The smallest absolute Gasteiger partial charge is 0.253 e. The molecule has 1 saturated heterocycles. The van der Waals surface area contributed by atoms with Gasteiger partial charge in [0.05, 0.1) is 25.3 Å². The van der Waals surface area contributed by atoms with Crippen molar-refractivity contribution in [3.05, 3.63) is 29.8 Å². The number of rotatable bonds is 4. The van der Waals surface area contributed by atoms with Gasteiger partial charge in [0.15, 0.2) is 0 Å². The minimum absolute atomic E-state index is 0.00181. The number of hydrogen-bond acceptors (Lipinski definition) is 4. The van der Waals surface area contributed by atoms with Crippen molar-refractivity contribution in [2.75, 3.05) is 18.3 Å². The van der Waals surface area contributed by atoms with Crippen molar-refractivity contribution in [2.24, 2.45) is 5.90 Å². The van der Waals surface area contributed by atoms with Crippen molar-refractivity contribution >= 4 is 11.6 Å². The van der Waals surface area contributed by atoms with Crippen LogP contribution in [-0.4, -0.2) is 19.1 Å². The number of amides is 1. The van der Waals surface area contributed by atoms with E-state index in [0.29, 0.717) is 19.6 Å². The Balaban J connectivity index is 2.04. The van der Waals surface area contributed by atoms with E-state index in [1.165, 1.54) is 5.06 Å². The first kappa shape index (κ1) is 11.1. The summed E-state index contributed by atoms with van der Waals surface area (Å²) in [7, 11) is 0. The number of nitrogens with two attached hydrogens (primary N) is 1. The molecule has 1 heterocycles. The summed E-state index contributed by atoms with van der Waals surface area (Å²) in [6.07, 6.45) is 1.20. The van der Waals surface area contributed by atoms with Gasteiger partial charge in [-0.15, -0.1) is 0 Å². The standard InChI is InChI=1S/C11H14N2O3/c12-15-7-5-9-1-3-10(4-2-9)13-11(14)6-8-16-13/h1-4H,5-8,12H2. The molecule has 1 fully saturated rings. The molecule has 1 aliphatic heterocycles. The van der Waals surface area contributed by atoms with E-state index in [1.807, 2.05) is 24.3 Å². The summed E-state index contributed by atoms with van der Waals surface area (Å²) in [6.45, 7) is 0.945. The van der Waals surface area contributed by atoms with Crippen LogP contribution in [0.15, 0.2) is 24.3 Å². The molecule has 0 aromatic heterocycles. The Hall–Kier alpha value is -1.43. The molecule has 2 N–H and O–H groups in total. The van der Waals surface area contributed by atoms with Crippen molar-refractivity contribution < 1.29 is 14.5 Å². The molecule has 0 radical (unpaired) electrons. The van der Waals surface area contributed by atoms with E-state index in [-0.39, 0.29) is 5.91 Å². The fourth-order valence-corrected chi connectivity index (χ4v) is 1.59. The predicted octanol–water partition coefficient (Wildman–Crippen LogP) is 0.788. The molecule has 0 spiro atoms. The average Bonchev–Trinajstić information content (AvgIpc) is 2.74. The van der Waals surface area contributed by atoms with E-state index >= 15 is 0 Å². The third-order valence-corrected chi connectivity index (χ3v) is 2.44. The Morgan fingerprint density at radius 3 is 2.69 bits per heavy atom. The number of anilines is 1. The number of benzene rings is 1. The van der Waals surface area contributed by atoms with Crippen LogP contribution in [0, 0.1) is 0 Å². The summed E-state index contributed by atoms with van der Waals surface area (Å²) in [5.41, 5.74) is 1.88. The minimum Gasteiger partial charge on any atom is -0.304 e. The normalized spacial score (nSPS) is 15.8. The molecule has 5 heteroatoms. The zero-order chi connectivity index (χ0) is 11.4. The number of hydroxylamine groups is 1. The van der Waals surface area contributed by atoms with Gasteiger partial charge in [-0.25, -0.2) is 5.90 Å². The van der Waals surface area contributed by atoms with Gasteiger partial charge in [0, 0.05) is 0 Å². The van der Waals surface area contributed by atoms with Gasteiger partial charge in [-0.05, 0) is 24.1 Å². The van der Waals surface area contributed by atoms with Crippen LogP contribution >= 0.6 is 0 Å². The van der Waals surface area contributed by atoms with E-state index in [0.717, 1.165) is 17.7 Å². The SMILES string of the molecule is NOCCc1ccc(N2OCCC2=O)cc1. The Labute approximate surface area is 93.6 Å². The first-order valence-corrected chi connectivity index (χ1v) is 5.18. The Bertz CT molecular complexity index is 364. The summed E-state index contributed by atoms with van der Waals surface area (Å²) < 4.78 is 0. The van der Waals surface area contributed by atoms with Crippen LogP contribution in [0.3, 0.4) is 0 Å². The number of carbonyl (C=O) groups is 1. The first-order valence-electron chi connectivity index (χ1n) is 5.18. The second kappa shape index (κ2) is 5.07. The first-order chi connectivity index (χ1) is 7.81. The van der Waals surface area contributed by atoms with Crippen LogP contribution in [0.2, 0.25) is 0 Å². The van der Waals surface area contributed by atoms with Crippen molar-refractivity contribution in [3.8, 4) is 0 Å². The predicted molar refractivity (Wildman–Crippen MR) is 58.3 cm³/mol. The molecule has 2 rings (SSSR count). The average molecular weight is 222 g/mol. The molecular weight excluding hydrogens is 208 g/mol. The summed E-state index contributed by atoms with van der Waals surface area (Å²) in [5, 5.41) is 1.34. The second-order valence-electron chi connectivity index (χ2n) is 3.56. The van der Waals surface area contributed by atoms with Crippen LogP contribution in [0.5, 0.6) is 0 Å². The summed E-state index contributed by atoms with van der Waals surface area (Å²) in [4.78, 5) is 21.1. The lowest BCUT2D eigenvalue weighted by Crippen LogP contribution is -2.22. The lowest BCUT2D eigenvalue weighted by Gasteiger charge is -2.14. The van der Waals surface area contributed by atoms with Crippen LogP contribution in [0.25, 0.3) is 0 Å². The van der Waals surface area contributed by atoms with Gasteiger partial charge in [-0.3, -0.25) is 9.63 Å². The van der Waals surface area contributed by atoms with Crippen LogP contribution in [0.1, 0.15) is 12.0 Å². The van der Waals surface area contributed by atoms with Gasteiger partial charge >= 0.3 is 0 Å². The topological polar surface area (TPSA) is 64.8 Å². The molecule has 0 unspecified atom stereocenters. The van der Waals surface area contributed by atoms with Gasteiger partial charge in [-0.2, -0.15) is 5.06 Å². The third kappa shape index (κ3) is 2.38. The molecule has 1 amide bonds. The monoisotopic (exact) mass is 222 g/mol. The highest BCUT2D eigenvalue weighted by Crippen LogP contribution is 2.20. The van der Waals surface area contributed by atoms with Gasteiger partial charge in [0.25, 0.3) is 5.91 Å². The molecule has 0 aliphatic carbocycles. The molecule has 86 valence electrons. The maximum Gasteiger partial charge on any atom is 0.253 e. The highest BCUT2D eigenvalue weighted by molar-refractivity contribution is 5.92. The van der Waals surface area contributed by atoms with Gasteiger partial charge < -0.3 is 4.84 Å². The molecular formula is C11H14N2O3. The van der Waals surface area contributed by atoms with E-state index in [1.54, 1.807) is 0 Å². The molecule has 1 aromatic rings. The quantitative estimate of drug-likeness (QED) is 0.765. The van der Waals surface area contributed by atoms with Crippen LogP contribution < -0.4 is 11.0 Å². The molecule has 0 bridgehead atoms. The Morgan fingerprint density at radius 2 is 2.12 bits per heavy atom. The van der Waals surface area contributed by atoms with Gasteiger partial charge in [-0.1, -0.05) is 12.1 Å². The molecule has 5 nitrogen and oxygen atoms in total. The van der Waals surface area contributed by atoms with Crippen molar-refractivity contribution in [3.63, 3.8) is 0 Å². The lowest BCUT2D eigenvalue weighted by atomic mass is 10.1. The summed E-state index contributed by atoms with van der Waals surface area (Å²) in [6, 6.07) is 7.58. The Kier molecular flexibility index (Phi) is 3.51. The maximum atomic E-state index is 11.4. The minimum atomic E-state index is -0.00181. The van der Waals surface area contributed by atoms with E-state index in [4.69, 9.17) is 10.7 Å². The number of carbonyl (C=O) groups excluding carboxylic acids is 1. The molecule has 1 aromatic carbocycles. The zero-order valence-electron chi connectivity index (χ0n) is 8.89. The third-order valence-electron chi connectivity index (χ3n) is 2.44. The zero-order valence-corrected chi connectivity index (χ0v) is 8.89. The van der Waals surface area contributed by atoms with Gasteiger partial charge in [0.1, 0.15) is 0 Å². The molecule has 0 atom stereocenters. The molecule has 0 saturated carbocycles. The lowest BCUT2D eigenvalue weighted by molar-refractivity contribution is -0.119. The molecule has 1 aliphatic rings. The number of hydrogen-bond donors (Lipinski definition) is 1. The van der Waals surface area contributed by atoms with Crippen molar-refractivity contribution in [2.45, 2.75) is 12.8 Å². The fourth-order valence-electron chi connectivity index (χ4n) is 1.59. The maximum absolute atomic E-state index is 11.4. The highest BCUT2D eigenvalue weighted by Gasteiger charge is 2.22. The van der Waals surface area contributed by atoms with E-state index in [9.17, 15) is 4.79 Å².